The number of benzene rings is 8. The summed E-state index contributed by atoms with van der Waals surface area (Å²) in [6, 6.07) is 66.8. The van der Waals surface area contributed by atoms with Crippen LogP contribution in [0.1, 0.15) is 0 Å². The van der Waals surface area contributed by atoms with Gasteiger partial charge in [-0.2, -0.15) is 0 Å². The molecule has 2 heteroatoms. The van der Waals surface area contributed by atoms with Crippen LogP contribution in [0.15, 0.2) is 192 Å². The van der Waals surface area contributed by atoms with E-state index in [1.165, 1.54) is 27.8 Å². The van der Waals surface area contributed by atoms with Gasteiger partial charge >= 0.3 is 0 Å². The average molecular weight is 614 g/mol. The number of hydrogen-bond donors (Lipinski definition) is 0. The van der Waals surface area contributed by atoms with E-state index in [0.29, 0.717) is 0 Å². The lowest BCUT2D eigenvalue weighted by atomic mass is 9.99. The molecule has 1 heterocycles. The first-order chi connectivity index (χ1) is 23.8. The summed E-state index contributed by atoms with van der Waals surface area (Å²) in [4.78, 5) is 2.38. The summed E-state index contributed by atoms with van der Waals surface area (Å²) in [6.07, 6.45) is 0. The number of furan rings is 1. The molecule has 0 aliphatic carbocycles. The second-order valence-electron chi connectivity index (χ2n) is 12.2. The SMILES string of the molecule is c1ccc(-c2ccc(N(c3ccc(-c4ccccc4)cc3)c3cc4c5ccc(-c6ccccc6)cc5oc4c4ccccc34)cc2)cc1. The fourth-order valence-electron chi connectivity index (χ4n) is 6.87. The first-order valence-corrected chi connectivity index (χ1v) is 16.3. The monoisotopic (exact) mass is 613 g/mol. The maximum atomic E-state index is 6.68. The van der Waals surface area contributed by atoms with E-state index in [9.17, 15) is 0 Å². The van der Waals surface area contributed by atoms with Crippen LogP contribution in [-0.4, -0.2) is 0 Å². The average Bonchev–Trinajstić information content (AvgIpc) is 3.55. The normalized spacial score (nSPS) is 11.3. The van der Waals surface area contributed by atoms with Crippen molar-refractivity contribution in [2.45, 2.75) is 0 Å². The van der Waals surface area contributed by atoms with Crippen molar-refractivity contribution in [2.75, 3.05) is 4.90 Å². The summed E-state index contributed by atoms with van der Waals surface area (Å²) in [5, 5.41) is 4.43. The predicted octanol–water partition coefficient (Wildman–Crippen LogP) is 13.2. The third-order valence-electron chi connectivity index (χ3n) is 9.27. The molecule has 0 saturated carbocycles. The van der Waals surface area contributed by atoms with Crippen LogP contribution in [0.5, 0.6) is 0 Å². The van der Waals surface area contributed by atoms with Crippen LogP contribution in [0.4, 0.5) is 17.1 Å². The first kappa shape index (κ1) is 27.9. The van der Waals surface area contributed by atoms with Crippen molar-refractivity contribution >= 4 is 49.8 Å². The van der Waals surface area contributed by atoms with E-state index < -0.39 is 0 Å². The molecule has 0 N–H and O–H groups in total. The van der Waals surface area contributed by atoms with Crippen molar-refractivity contribution in [3.8, 4) is 33.4 Å². The second-order valence-corrected chi connectivity index (χ2v) is 12.2. The minimum absolute atomic E-state index is 0.889. The van der Waals surface area contributed by atoms with Crippen molar-refractivity contribution in [3.05, 3.63) is 188 Å². The van der Waals surface area contributed by atoms with Crippen LogP contribution in [-0.2, 0) is 0 Å². The van der Waals surface area contributed by atoms with Gasteiger partial charge in [0.2, 0.25) is 0 Å². The Kier molecular flexibility index (Phi) is 6.84. The Hall–Kier alpha value is -6.38. The molecule has 0 spiro atoms. The highest BCUT2D eigenvalue weighted by Gasteiger charge is 2.20. The Morgan fingerprint density at radius 2 is 0.750 bits per heavy atom. The summed E-state index contributed by atoms with van der Waals surface area (Å²) < 4.78 is 6.68. The molecule has 0 bridgehead atoms. The quantitative estimate of drug-likeness (QED) is 0.185. The van der Waals surface area contributed by atoms with Gasteiger partial charge in [-0.15, -0.1) is 0 Å². The molecular formula is C46H31NO. The zero-order valence-electron chi connectivity index (χ0n) is 26.3. The Balaban J connectivity index is 1.25. The molecule has 8 aromatic carbocycles. The molecular weight excluding hydrogens is 583 g/mol. The minimum Gasteiger partial charge on any atom is -0.455 e. The number of nitrogens with zero attached hydrogens (tertiary/aromatic N) is 1. The second kappa shape index (κ2) is 11.8. The highest BCUT2D eigenvalue weighted by molar-refractivity contribution is 6.20. The van der Waals surface area contributed by atoms with Crippen LogP contribution < -0.4 is 4.90 Å². The number of rotatable bonds is 6. The molecule has 0 aliphatic heterocycles. The molecule has 0 fully saturated rings. The molecule has 1 aromatic heterocycles. The topological polar surface area (TPSA) is 16.4 Å². The van der Waals surface area contributed by atoms with Gasteiger partial charge in [0.05, 0.1) is 5.69 Å². The molecule has 0 amide bonds. The maximum Gasteiger partial charge on any atom is 0.143 e. The lowest BCUT2D eigenvalue weighted by Crippen LogP contribution is -2.10. The van der Waals surface area contributed by atoms with Crippen molar-refractivity contribution in [3.63, 3.8) is 0 Å². The van der Waals surface area contributed by atoms with E-state index >= 15 is 0 Å². The van der Waals surface area contributed by atoms with Gasteiger partial charge in [0, 0.05) is 32.9 Å². The standard InChI is InChI=1S/C46H31NO/c1-4-12-32(13-5-1)35-20-25-38(26-21-35)47(39-27-22-36(23-28-39)33-14-6-2-7-15-33)44-31-43-41-29-24-37(34-16-8-3-9-17-34)30-45(41)48-46(43)42-19-11-10-18-40(42)44/h1-31H. The van der Waals surface area contributed by atoms with Crippen LogP contribution in [0.25, 0.3) is 66.1 Å². The molecule has 48 heavy (non-hydrogen) atoms. The summed E-state index contributed by atoms with van der Waals surface area (Å²) >= 11 is 0. The first-order valence-electron chi connectivity index (χ1n) is 16.3. The zero-order chi connectivity index (χ0) is 31.9. The third-order valence-corrected chi connectivity index (χ3v) is 9.27. The van der Waals surface area contributed by atoms with E-state index in [4.69, 9.17) is 4.42 Å². The zero-order valence-corrected chi connectivity index (χ0v) is 26.3. The molecule has 0 aliphatic rings. The number of hydrogen-bond acceptors (Lipinski definition) is 2. The van der Waals surface area contributed by atoms with Crippen LogP contribution in [0.2, 0.25) is 0 Å². The van der Waals surface area contributed by atoms with Gasteiger partial charge in [-0.05, 0) is 75.8 Å². The lowest BCUT2D eigenvalue weighted by molar-refractivity contribution is 0.673. The fraction of sp³-hybridized carbons (Fsp3) is 0. The van der Waals surface area contributed by atoms with Crippen molar-refractivity contribution in [2.24, 2.45) is 0 Å². The molecule has 9 aromatic rings. The number of fused-ring (bicyclic) bond motifs is 5. The Labute approximate surface area is 279 Å². The Bertz CT molecular complexity index is 2430. The van der Waals surface area contributed by atoms with Gasteiger partial charge < -0.3 is 9.32 Å². The molecule has 0 unspecified atom stereocenters. The molecule has 2 nitrogen and oxygen atoms in total. The van der Waals surface area contributed by atoms with Crippen molar-refractivity contribution < 1.29 is 4.42 Å². The van der Waals surface area contributed by atoms with Crippen molar-refractivity contribution in [1.82, 2.24) is 0 Å². The highest BCUT2D eigenvalue weighted by Crippen LogP contribution is 2.45. The Morgan fingerprint density at radius 3 is 1.29 bits per heavy atom. The molecule has 0 atom stereocenters. The molecule has 0 radical (unpaired) electrons. The molecule has 226 valence electrons. The predicted molar refractivity (Wildman–Crippen MR) is 202 cm³/mol. The van der Waals surface area contributed by atoms with Gasteiger partial charge in [0.1, 0.15) is 11.2 Å². The maximum absolute atomic E-state index is 6.68. The summed E-state index contributed by atoms with van der Waals surface area (Å²) in [7, 11) is 0. The highest BCUT2D eigenvalue weighted by atomic mass is 16.3. The van der Waals surface area contributed by atoms with Crippen LogP contribution in [0.3, 0.4) is 0 Å². The largest absolute Gasteiger partial charge is 0.455 e. The van der Waals surface area contributed by atoms with Crippen molar-refractivity contribution in [1.29, 1.82) is 0 Å². The van der Waals surface area contributed by atoms with E-state index in [2.05, 4.69) is 187 Å². The summed E-state index contributed by atoms with van der Waals surface area (Å²) in [5.74, 6) is 0. The third kappa shape index (κ3) is 4.92. The van der Waals surface area contributed by atoms with Gasteiger partial charge in [0.25, 0.3) is 0 Å². The minimum atomic E-state index is 0.889. The summed E-state index contributed by atoms with van der Waals surface area (Å²) in [5.41, 5.74) is 12.2. The van der Waals surface area contributed by atoms with E-state index in [1.54, 1.807) is 0 Å². The summed E-state index contributed by atoms with van der Waals surface area (Å²) in [6.45, 7) is 0. The fourth-order valence-corrected chi connectivity index (χ4v) is 6.87. The van der Waals surface area contributed by atoms with E-state index in [-0.39, 0.29) is 0 Å². The number of anilines is 3. The Morgan fingerprint density at radius 1 is 0.312 bits per heavy atom. The molecule has 9 rings (SSSR count). The van der Waals surface area contributed by atoms with Gasteiger partial charge in [-0.3, -0.25) is 0 Å². The molecule has 0 saturated heterocycles. The van der Waals surface area contributed by atoms with E-state index in [1.807, 2.05) is 6.07 Å². The van der Waals surface area contributed by atoms with Crippen LogP contribution >= 0.6 is 0 Å². The van der Waals surface area contributed by atoms with Gasteiger partial charge in [-0.1, -0.05) is 146 Å². The van der Waals surface area contributed by atoms with Gasteiger partial charge in [-0.25, -0.2) is 0 Å². The van der Waals surface area contributed by atoms with E-state index in [0.717, 1.165) is 55.3 Å². The van der Waals surface area contributed by atoms with Crippen LogP contribution in [0, 0.1) is 0 Å². The smallest absolute Gasteiger partial charge is 0.143 e. The van der Waals surface area contributed by atoms with Gasteiger partial charge in [0.15, 0.2) is 0 Å². The lowest BCUT2D eigenvalue weighted by Gasteiger charge is -2.27.